The van der Waals surface area contributed by atoms with Crippen LogP contribution in [-0.4, -0.2) is 58.8 Å². The highest BCUT2D eigenvalue weighted by Crippen LogP contribution is 2.64. The Labute approximate surface area is 170 Å². The van der Waals surface area contributed by atoms with Crippen LogP contribution in [0.5, 0.6) is 11.5 Å². The van der Waals surface area contributed by atoms with E-state index in [4.69, 9.17) is 4.74 Å². The van der Waals surface area contributed by atoms with Gasteiger partial charge in [-0.1, -0.05) is 0 Å². The van der Waals surface area contributed by atoms with Crippen molar-refractivity contribution in [1.29, 1.82) is 0 Å². The van der Waals surface area contributed by atoms with Gasteiger partial charge >= 0.3 is 5.97 Å². The van der Waals surface area contributed by atoms with Crippen molar-refractivity contribution in [2.45, 2.75) is 69.1 Å². The molecule has 5 atom stereocenters. The summed E-state index contributed by atoms with van der Waals surface area (Å²) in [6.45, 7) is 2.49. The lowest BCUT2D eigenvalue weighted by molar-refractivity contribution is -0.137. The molecule has 5 rings (SSSR count). The van der Waals surface area contributed by atoms with Gasteiger partial charge in [0.15, 0.2) is 11.5 Å². The number of carbonyl (C=O) groups is 2. The van der Waals surface area contributed by atoms with E-state index >= 15 is 0 Å². The highest BCUT2D eigenvalue weighted by Gasteiger charge is 2.65. The van der Waals surface area contributed by atoms with Crippen LogP contribution in [0.4, 0.5) is 0 Å². The molecule has 4 aliphatic rings. The zero-order chi connectivity index (χ0) is 20.5. The summed E-state index contributed by atoms with van der Waals surface area (Å²) in [6.07, 6.45) is 3.93. The summed E-state index contributed by atoms with van der Waals surface area (Å²) in [5.74, 6) is 0.189. The molecule has 0 aromatic heterocycles. The van der Waals surface area contributed by atoms with Crippen molar-refractivity contribution in [3.63, 3.8) is 0 Å². The summed E-state index contributed by atoms with van der Waals surface area (Å²) in [5.41, 5.74) is 2.97. The summed E-state index contributed by atoms with van der Waals surface area (Å²) in [7, 11) is 2.17. The molecule has 1 amide bonds. The van der Waals surface area contributed by atoms with Gasteiger partial charge in [-0.3, -0.25) is 9.59 Å². The van der Waals surface area contributed by atoms with E-state index in [1.54, 1.807) is 6.07 Å². The lowest BCUT2D eigenvalue weighted by atomic mass is 9.50. The quantitative estimate of drug-likeness (QED) is 0.710. The first-order valence-corrected chi connectivity index (χ1v) is 10.6. The Morgan fingerprint density at radius 2 is 2.17 bits per heavy atom. The largest absolute Gasteiger partial charge is 0.504 e. The van der Waals surface area contributed by atoms with Crippen LogP contribution < -0.4 is 10.1 Å². The number of hydrogen-bond acceptors (Lipinski definition) is 5. The van der Waals surface area contributed by atoms with Crippen molar-refractivity contribution < 1.29 is 24.5 Å². The molecule has 7 nitrogen and oxygen atoms in total. The Morgan fingerprint density at radius 3 is 2.90 bits per heavy atom. The molecule has 2 fully saturated rings. The Kier molecular flexibility index (Phi) is 4.11. The number of phenols is 1. The van der Waals surface area contributed by atoms with Gasteiger partial charge in [0.2, 0.25) is 5.91 Å². The molecule has 2 heterocycles. The monoisotopic (exact) mass is 400 g/mol. The van der Waals surface area contributed by atoms with Crippen molar-refractivity contribution in [1.82, 2.24) is 10.2 Å². The molecule has 1 saturated carbocycles. The van der Waals surface area contributed by atoms with Gasteiger partial charge in [-0.05, 0) is 68.8 Å². The maximum atomic E-state index is 11.8. The highest BCUT2D eigenvalue weighted by molar-refractivity contribution is 5.74. The molecule has 2 bridgehead atoms. The summed E-state index contributed by atoms with van der Waals surface area (Å²) < 4.78 is 6.44. The van der Waals surface area contributed by atoms with Crippen molar-refractivity contribution in [2.75, 3.05) is 13.6 Å². The van der Waals surface area contributed by atoms with Gasteiger partial charge in [0.05, 0.1) is 6.04 Å². The van der Waals surface area contributed by atoms with E-state index in [0.29, 0.717) is 24.1 Å². The van der Waals surface area contributed by atoms with Crippen LogP contribution in [0.1, 0.15) is 49.3 Å². The normalized spacial score (nSPS) is 34.3. The first-order chi connectivity index (χ1) is 13.8. The average molecular weight is 400 g/mol. The number of nitrogens with zero attached hydrogens (tertiary/aromatic N) is 1. The second-order valence-corrected chi connectivity index (χ2v) is 9.20. The number of carbonyl (C=O) groups excluding carboxylic acids is 1. The molecule has 156 valence electrons. The third kappa shape index (κ3) is 2.52. The molecule has 1 unspecified atom stereocenters. The fourth-order valence-electron chi connectivity index (χ4n) is 6.77. The smallest absolute Gasteiger partial charge is 0.303 e. The topological polar surface area (TPSA) is 99.1 Å². The van der Waals surface area contributed by atoms with E-state index in [2.05, 4.69) is 17.3 Å². The second-order valence-electron chi connectivity index (χ2n) is 9.20. The van der Waals surface area contributed by atoms with Crippen LogP contribution >= 0.6 is 0 Å². The maximum absolute atomic E-state index is 11.8. The first-order valence-electron chi connectivity index (χ1n) is 10.6. The third-order valence-electron chi connectivity index (χ3n) is 7.81. The predicted molar refractivity (Wildman–Crippen MR) is 105 cm³/mol. The molecule has 2 aliphatic carbocycles. The predicted octanol–water partition coefficient (Wildman–Crippen LogP) is 1.58. The number of amides is 1. The zero-order valence-corrected chi connectivity index (χ0v) is 16.9. The van der Waals surface area contributed by atoms with Crippen LogP contribution in [0.3, 0.4) is 0 Å². The molecule has 1 aromatic rings. The maximum Gasteiger partial charge on any atom is 0.303 e. The van der Waals surface area contributed by atoms with Gasteiger partial charge in [-0.2, -0.15) is 0 Å². The number of carboxylic acid groups (broad SMARTS) is 1. The van der Waals surface area contributed by atoms with Crippen molar-refractivity contribution >= 4 is 11.9 Å². The lowest BCUT2D eigenvalue weighted by Crippen LogP contribution is -2.68. The third-order valence-corrected chi connectivity index (χ3v) is 7.81. The number of aliphatic carboxylic acids is 1. The fourth-order valence-corrected chi connectivity index (χ4v) is 6.77. The van der Waals surface area contributed by atoms with E-state index in [9.17, 15) is 19.8 Å². The molecule has 1 aromatic carbocycles. The van der Waals surface area contributed by atoms with Crippen LogP contribution in [0.2, 0.25) is 0 Å². The molecular formula is C22H28N2O5. The van der Waals surface area contributed by atoms with E-state index in [1.165, 1.54) is 6.92 Å². The molecule has 1 spiro atoms. The molecule has 0 radical (unpaired) electrons. The van der Waals surface area contributed by atoms with Crippen LogP contribution in [-0.2, 0) is 27.8 Å². The first kappa shape index (κ1) is 18.7. The number of likely N-dealkylation sites (N-methyl/N-ethyl adjacent to an activating group) is 1. The molecule has 2 aliphatic heterocycles. The number of phenolic OH excluding ortho intramolecular Hbond substituents is 1. The fraction of sp³-hybridized carbons (Fsp3) is 0.636. The van der Waals surface area contributed by atoms with E-state index in [-0.39, 0.29) is 35.6 Å². The van der Waals surface area contributed by atoms with Gasteiger partial charge in [0, 0.05) is 30.4 Å². The summed E-state index contributed by atoms with van der Waals surface area (Å²) in [5, 5.41) is 23.1. The van der Waals surface area contributed by atoms with Gasteiger partial charge in [-0.25, -0.2) is 0 Å². The van der Waals surface area contributed by atoms with E-state index < -0.39 is 5.97 Å². The average Bonchev–Trinajstić information content (AvgIpc) is 3.01. The second kappa shape index (κ2) is 6.36. The molecule has 3 N–H and O–H groups in total. The summed E-state index contributed by atoms with van der Waals surface area (Å²) in [6, 6.07) is 2.00. The summed E-state index contributed by atoms with van der Waals surface area (Å²) >= 11 is 0. The van der Waals surface area contributed by atoms with Gasteiger partial charge in [0.25, 0.3) is 0 Å². The Morgan fingerprint density at radius 1 is 1.38 bits per heavy atom. The number of piperidine rings is 1. The zero-order valence-electron chi connectivity index (χ0n) is 16.9. The minimum Gasteiger partial charge on any atom is -0.504 e. The Balaban J connectivity index is 1.68. The van der Waals surface area contributed by atoms with Gasteiger partial charge in [-0.15, -0.1) is 0 Å². The number of likely N-dealkylation sites (tertiary alicyclic amines) is 1. The summed E-state index contributed by atoms with van der Waals surface area (Å²) in [4.78, 5) is 25.5. The number of nitrogens with one attached hydrogen (secondary N) is 1. The van der Waals surface area contributed by atoms with Crippen LogP contribution in [0.25, 0.3) is 0 Å². The SMILES string of the molecule is CC(=O)N[C@H]1CCC2[C@H]3Cc4c(CCC(=O)O)cc(O)c5c4[C@@]2(CCN3C)[C@H]1O5. The number of benzene rings is 1. The Hall–Kier alpha value is -2.28. The molecular weight excluding hydrogens is 372 g/mol. The standard InChI is InChI=1S/C22H28N2O5/c1-11(25)23-15-5-4-14-16-10-13-12(3-6-18(27)28)9-17(26)20-19(13)22(14,21(15)29-20)7-8-24(16)2/h9,14-16,21,26H,3-8,10H2,1-2H3,(H,23,25)(H,27,28)/t14?,15-,16+,21-,22-/m0/s1. The van der Waals surface area contributed by atoms with Crippen molar-refractivity contribution in [3.8, 4) is 11.5 Å². The van der Waals surface area contributed by atoms with E-state index in [0.717, 1.165) is 48.9 Å². The number of aromatic hydroxyl groups is 1. The molecule has 7 heteroatoms. The number of carboxylic acids is 1. The van der Waals surface area contributed by atoms with E-state index in [1.807, 2.05) is 0 Å². The minimum atomic E-state index is -0.834. The number of rotatable bonds is 4. The number of ether oxygens (including phenoxy) is 1. The van der Waals surface area contributed by atoms with Crippen molar-refractivity contribution in [3.05, 3.63) is 22.8 Å². The Bertz CT molecular complexity index is 900. The van der Waals surface area contributed by atoms with Crippen LogP contribution in [0, 0.1) is 5.92 Å². The molecule has 29 heavy (non-hydrogen) atoms. The van der Waals surface area contributed by atoms with Gasteiger partial charge < -0.3 is 25.2 Å². The lowest BCUT2D eigenvalue weighted by Gasteiger charge is -2.59. The van der Waals surface area contributed by atoms with Crippen LogP contribution in [0.15, 0.2) is 6.07 Å². The number of aryl methyl sites for hydroxylation is 1. The number of hydrogen-bond donors (Lipinski definition) is 3. The molecule has 1 saturated heterocycles. The van der Waals surface area contributed by atoms with Gasteiger partial charge in [0.1, 0.15) is 6.10 Å². The van der Waals surface area contributed by atoms with Crippen molar-refractivity contribution in [2.24, 2.45) is 5.92 Å². The highest BCUT2D eigenvalue weighted by atomic mass is 16.5. The minimum absolute atomic E-state index is 0.0426.